The lowest BCUT2D eigenvalue weighted by Gasteiger charge is -2.07. The van der Waals surface area contributed by atoms with Gasteiger partial charge < -0.3 is 10.3 Å². The molecular formula is C10H6BrF3N2O. The second-order valence-corrected chi connectivity index (χ2v) is 4.08. The van der Waals surface area contributed by atoms with Crippen LogP contribution >= 0.6 is 15.9 Å². The topological polar surface area (TPSA) is 52.0 Å². The van der Waals surface area contributed by atoms with Crippen LogP contribution in [-0.4, -0.2) is 5.16 Å². The summed E-state index contributed by atoms with van der Waals surface area (Å²) < 4.78 is 42.7. The van der Waals surface area contributed by atoms with Gasteiger partial charge in [-0.25, -0.2) is 0 Å². The predicted molar refractivity (Wildman–Crippen MR) is 59.1 cm³/mol. The molecule has 1 heterocycles. The third kappa shape index (κ3) is 2.28. The summed E-state index contributed by atoms with van der Waals surface area (Å²) in [6, 6.07) is 4.74. The number of nitrogens with two attached hydrogens (primary N) is 1. The van der Waals surface area contributed by atoms with E-state index in [9.17, 15) is 13.2 Å². The van der Waals surface area contributed by atoms with Crippen LogP contribution in [0.15, 0.2) is 33.3 Å². The molecule has 0 aliphatic rings. The summed E-state index contributed by atoms with van der Waals surface area (Å²) in [5.74, 6) is 0.269. The molecule has 0 saturated carbocycles. The van der Waals surface area contributed by atoms with Crippen molar-refractivity contribution in [1.29, 1.82) is 0 Å². The number of nitrogen functional groups attached to an aromatic ring is 1. The summed E-state index contributed by atoms with van der Waals surface area (Å²) in [5.41, 5.74) is 4.94. The highest BCUT2D eigenvalue weighted by Gasteiger charge is 2.31. The number of nitrogens with zero attached hydrogens (tertiary/aromatic N) is 1. The van der Waals surface area contributed by atoms with Gasteiger partial charge in [-0.3, -0.25) is 0 Å². The lowest BCUT2D eigenvalue weighted by atomic mass is 10.1. The number of hydrogen-bond acceptors (Lipinski definition) is 3. The van der Waals surface area contributed by atoms with Crippen molar-refractivity contribution >= 4 is 21.7 Å². The van der Waals surface area contributed by atoms with Crippen molar-refractivity contribution in [3.05, 3.63) is 34.3 Å². The van der Waals surface area contributed by atoms with E-state index in [-0.39, 0.29) is 17.1 Å². The Bertz CT molecular complexity index is 551. The summed E-state index contributed by atoms with van der Waals surface area (Å²) in [6.07, 6.45) is -4.39. The molecule has 0 amide bonds. The van der Waals surface area contributed by atoms with Gasteiger partial charge >= 0.3 is 6.18 Å². The predicted octanol–water partition coefficient (Wildman–Crippen LogP) is 3.71. The SMILES string of the molecule is Nc1noc(-c2cccc(C(F)(F)F)c2)c1Br. The monoisotopic (exact) mass is 306 g/mol. The molecule has 0 fully saturated rings. The minimum atomic E-state index is -4.39. The highest BCUT2D eigenvalue weighted by Crippen LogP contribution is 2.36. The summed E-state index contributed by atoms with van der Waals surface area (Å²) in [7, 11) is 0. The van der Waals surface area contributed by atoms with E-state index in [0.717, 1.165) is 12.1 Å². The smallest absolute Gasteiger partial charge is 0.380 e. The van der Waals surface area contributed by atoms with Gasteiger partial charge in [0.05, 0.1) is 5.56 Å². The van der Waals surface area contributed by atoms with Crippen LogP contribution in [0.4, 0.5) is 19.0 Å². The van der Waals surface area contributed by atoms with Gasteiger partial charge in [-0.05, 0) is 28.1 Å². The molecule has 2 rings (SSSR count). The molecular weight excluding hydrogens is 301 g/mol. The number of alkyl halides is 3. The minimum absolute atomic E-state index is 0.0948. The van der Waals surface area contributed by atoms with Gasteiger partial charge in [0, 0.05) is 5.56 Å². The Balaban J connectivity index is 2.51. The van der Waals surface area contributed by atoms with Crippen molar-refractivity contribution in [2.45, 2.75) is 6.18 Å². The third-order valence-corrected chi connectivity index (χ3v) is 2.88. The fourth-order valence-electron chi connectivity index (χ4n) is 1.31. The number of anilines is 1. The van der Waals surface area contributed by atoms with Crippen molar-refractivity contribution in [1.82, 2.24) is 5.16 Å². The molecule has 2 N–H and O–H groups in total. The molecule has 2 aromatic rings. The highest BCUT2D eigenvalue weighted by atomic mass is 79.9. The number of halogens is 4. The maximum Gasteiger partial charge on any atom is 0.416 e. The average molecular weight is 307 g/mol. The Morgan fingerprint density at radius 2 is 2.00 bits per heavy atom. The Morgan fingerprint density at radius 3 is 2.53 bits per heavy atom. The molecule has 0 saturated heterocycles. The molecule has 1 aromatic heterocycles. The quantitative estimate of drug-likeness (QED) is 0.874. The van der Waals surface area contributed by atoms with E-state index in [1.165, 1.54) is 12.1 Å². The Hall–Kier alpha value is -1.50. The van der Waals surface area contributed by atoms with Crippen LogP contribution in [0.3, 0.4) is 0 Å². The van der Waals surface area contributed by atoms with Crippen molar-refractivity contribution in [3.63, 3.8) is 0 Å². The van der Waals surface area contributed by atoms with Crippen LogP contribution in [0.2, 0.25) is 0 Å². The lowest BCUT2D eigenvalue weighted by Crippen LogP contribution is -2.04. The summed E-state index contributed by atoms with van der Waals surface area (Å²) in [6.45, 7) is 0. The standard InChI is InChI=1S/C10H6BrF3N2O/c11-7-8(17-16-9(7)15)5-2-1-3-6(4-5)10(12,13)14/h1-4H,(H2,15,16). The normalized spacial score (nSPS) is 11.8. The Labute approximate surface area is 103 Å². The van der Waals surface area contributed by atoms with Crippen LogP contribution < -0.4 is 5.73 Å². The van der Waals surface area contributed by atoms with Gasteiger partial charge in [0.25, 0.3) is 0 Å². The van der Waals surface area contributed by atoms with E-state index in [2.05, 4.69) is 21.1 Å². The van der Waals surface area contributed by atoms with Gasteiger partial charge in [-0.15, -0.1) is 0 Å². The molecule has 7 heteroatoms. The van der Waals surface area contributed by atoms with Crippen molar-refractivity contribution in [3.8, 4) is 11.3 Å². The van der Waals surface area contributed by atoms with Crippen LogP contribution in [0.25, 0.3) is 11.3 Å². The highest BCUT2D eigenvalue weighted by molar-refractivity contribution is 9.10. The first-order valence-corrected chi connectivity index (χ1v) is 5.27. The van der Waals surface area contributed by atoms with Gasteiger partial charge in [0.1, 0.15) is 4.47 Å². The van der Waals surface area contributed by atoms with E-state index in [4.69, 9.17) is 10.3 Å². The fraction of sp³-hybridized carbons (Fsp3) is 0.100. The van der Waals surface area contributed by atoms with E-state index >= 15 is 0 Å². The lowest BCUT2D eigenvalue weighted by molar-refractivity contribution is -0.137. The van der Waals surface area contributed by atoms with Crippen LogP contribution in [-0.2, 0) is 6.18 Å². The first kappa shape index (κ1) is 12.0. The van der Waals surface area contributed by atoms with Crippen molar-refractivity contribution in [2.75, 3.05) is 5.73 Å². The second kappa shape index (κ2) is 4.06. The Morgan fingerprint density at radius 1 is 1.29 bits per heavy atom. The maximum absolute atomic E-state index is 12.5. The maximum atomic E-state index is 12.5. The number of benzene rings is 1. The molecule has 0 aliphatic carbocycles. The van der Waals surface area contributed by atoms with Crippen LogP contribution in [0.5, 0.6) is 0 Å². The number of hydrogen-bond donors (Lipinski definition) is 1. The van der Waals surface area contributed by atoms with Gasteiger partial charge in [0.15, 0.2) is 11.6 Å². The zero-order valence-corrected chi connectivity index (χ0v) is 9.84. The van der Waals surface area contributed by atoms with Gasteiger partial charge in [-0.2, -0.15) is 13.2 Å². The summed E-state index contributed by atoms with van der Waals surface area (Å²) >= 11 is 3.10. The summed E-state index contributed by atoms with van der Waals surface area (Å²) in [4.78, 5) is 0. The van der Waals surface area contributed by atoms with Gasteiger partial charge in [0.2, 0.25) is 0 Å². The molecule has 0 atom stereocenters. The van der Waals surface area contributed by atoms with Crippen molar-refractivity contribution in [2.24, 2.45) is 0 Å². The molecule has 90 valence electrons. The average Bonchev–Trinajstić information content (AvgIpc) is 2.59. The molecule has 0 radical (unpaired) electrons. The van der Waals surface area contributed by atoms with E-state index in [1.54, 1.807) is 0 Å². The van der Waals surface area contributed by atoms with Crippen LogP contribution in [0.1, 0.15) is 5.56 Å². The van der Waals surface area contributed by atoms with E-state index in [0.29, 0.717) is 4.47 Å². The zero-order valence-electron chi connectivity index (χ0n) is 8.25. The molecule has 0 spiro atoms. The van der Waals surface area contributed by atoms with Gasteiger partial charge in [-0.1, -0.05) is 17.3 Å². The Kier molecular flexibility index (Phi) is 2.86. The molecule has 0 unspecified atom stereocenters. The first-order valence-electron chi connectivity index (χ1n) is 4.48. The van der Waals surface area contributed by atoms with Crippen LogP contribution in [0, 0.1) is 0 Å². The largest absolute Gasteiger partial charge is 0.416 e. The van der Waals surface area contributed by atoms with E-state index < -0.39 is 11.7 Å². The third-order valence-electron chi connectivity index (χ3n) is 2.11. The minimum Gasteiger partial charge on any atom is -0.380 e. The number of rotatable bonds is 1. The number of aromatic nitrogens is 1. The molecule has 0 bridgehead atoms. The summed E-state index contributed by atoms with van der Waals surface area (Å²) in [5, 5.41) is 3.46. The van der Waals surface area contributed by atoms with E-state index in [1.807, 2.05) is 0 Å². The molecule has 17 heavy (non-hydrogen) atoms. The fourth-order valence-corrected chi connectivity index (χ4v) is 1.68. The first-order chi connectivity index (χ1) is 7.89. The molecule has 3 nitrogen and oxygen atoms in total. The van der Waals surface area contributed by atoms with Crippen molar-refractivity contribution < 1.29 is 17.7 Å². The zero-order chi connectivity index (χ0) is 12.6. The molecule has 0 aliphatic heterocycles. The molecule has 1 aromatic carbocycles. The second-order valence-electron chi connectivity index (χ2n) is 3.29.